The molecule has 1 fully saturated rings. The van der Waals surface area contributed by atoms with Gasteiger partial charge in [-0.1, -0.05) is 6.07 Å². The quantitative estimate of drug-likeness (QED) is 0.781. The molecule has 0 saturated carbocycles. The number of carboxylic acid groups (broad SMARTS) is 2. The number of rotatable bonds is 3. The second-order valence-corrected chi connectivity index (χ2v) is 5.72. The second kappa shape index (κ2) is 8.79. The Kier molecular flexibility index (Phi) is 6.47. The Labute approximate surface area is 145 Å². The molecule has 0 radical (unpaired) electrons. The normalized spacial score (nSPS) is 14.4. The van der Waals surface area contributed by atoms with E-state index in [0.717, 1.165) is 32.0 Å². The molecule has 2 aromatic rings. The van der Waals surface area contributed by atoms with Gasteiger partial charge in [0.2, 0.25) is 0 Å². The van der Waals surface area contributed by atoms with Crippen LogP contribution in [0.3, 0.4) is 0 Å². The molecule has 1 aliphatic heterocycles. The number of carbonyl (C=O) groups is 2. The standard InChI is InChI=1S/C10H15N3.C8H6O4/c11-9-3-7-13(8-4-9)10-1-5-12-6-2-10;9-7(10)5-2-1-3-6(4-5)8(11)12/h1-2,5-6,9H,3-4,7-8,11H2;1-4H,(H,9,10)(H,11,12). The molecule has 0 spiro atoms. The molecule has 0 amide bonds. The van der Waals surface area contributed by atoms with Gasteiger partial charge >= 0.3 is 11.9 Å². The highest BCUT2D eigenvalue weighted by Crippen LogP contribution is 2.17. The Morgan fingerprint density at radius 2 is 1.52 bits per heavy atom. The molecule has 0 atom stereocenters. The van der Waals surface area contributed by atoms with Crippen LogP contribution in [0, 0.1) is 0 Å². The van der Waals surface area contributed by atoms with E-state index < -0.39 is 11.9 Å². The number of nitrogens with two attached hydrogens (primary N) is 1. The first-order valence-corrected chi connectivity index (χ1v) is 7.94. The fourth-order valence-electron chi connectivity index (χ4n) is 2.50. The van der Waals surface area contributed by atoms with Gasteiger partial charge in [0, 0.05) is 37.2 Å². The first-order chi connectivity index (χ1) is 12.0. The lowest BCUT2D eigenvalue weighted by Crippen LogP contribution is -2.39. The van der Waals surface area contributed by atoms with Crippen molar-refractivity contribution in [2.75, 3.05) is 18.0 Å². The number of carboxylic acids is 2. The number of aromatic carboxylic acids is 2. The predicted molar refractivity (Wildman–Crippen MR) is 94.0 cm³/mol. The van der Waals surface area contributed by atoms with Crippen LogP contribution in [0.25, 0.3) is 0 Å². The van der Waals surface area contributed by atoms with Crippen molar-refractivity contribution in [1.29, 1.82) is 0 Å². The zero-order valence-corrected chi connectivity index (χ0v) is 13.7. The molecule has 25 heavy (non-hydrogen) atoms. The maximum absolute atomic E-state index is 10.4. The Morgan fingerprint density at radius 3 is 2.00 bits per heavy atom. The first-order valence-electron chi connectivity index (χ1n) is 7.94. The number of hydrogen-bond donors (Lipinski definition) is 3. The SMILES string of the molecule is NC1CCN(c2ccncc2)CC1.O=C(O)c1cccc(C(=O)O)c1. The smallest absolute Gasteiger partial charge is 0.335 e. The van der Waals surface area contributed by atoms with E-state index in [1.54, 1.807) is 0 Å². The second-order valence-electron chi connectivity index (χ2n) is 5.72. The van der Waals surface area contributed by atoms with Gasteiger partial charge in [0.05, 0.1) is 11.1 Å². The highest BCUT2D eigenvalue weighted by Gasteiger charge is 2.15. The largest absolute Gasteiger partial charge is 0.478 e. The molecular formula is C18H21N3O4. The Morgan fingerprint density at radius 1 is 1.00 bits per heavy atom. The molecule has 1 aromatic carbocycles. The number of hydrogen-bond acceptors (Lipinski definition) is 5. The molecule has 4 N–H and O–H groups in total. The maximum atomic E-state index is 10.4. The molecule has 0 aliphatic carbocycles. The van der Waals surface area contributed by atoms with Crippen LogP contribution in [0.1, 0.15) is 33.6 Å². The van der Waals surface area contributed by atoms with Crippen molar-refractivity contribution in [2.24, 2.45) is 5.73 Å². The van der Waals surface area contributed by atoms with Crippen LogP contribution in [0.2, 0.25) is 0 Å². The monoisotopic (exact) mass is 343 g/mol. The van der Waals surface area contributed by atoms with Gasteiger partial charge < -0.3 is 20.8 Å². The summed E-state index contributed by atoms with van der Waals surface area (Å²) >= 11 is 0. The van der Waals surface area contributed by atoms with E-state index in [1.165, 1.54) is 23.9 Å². The number of piperidine rings is 1. The van der Waals surface area contributed by atoms with Crippen molar-refractivity contribution in [3.63, 3.8) is 0 Å². The van der Waals surface area contributed by atoms with Crippen LogP contribution in [-0.4, -0.2) is 46.3 Å². The van der Waals surface area contributed by atoms with Gasteiger partial charge in [-0.3, -0.25) is 4.98 Å². The van der Waals surface area contributed by atoms with Gasteiger partial charge in [0.25, 0.3) is 0 Å². The molecule has 3 rings (SSSR count). The first kappa shape index (κ1) is 18.4. The number of pyridine rings is 1. The van der Waals surface area contributed by atoms with E-state index in [1.807, 2.05) is 12.4 Å². The van der Waals surface area contributed by atoms with Gasteiger partial charge in [-0.2, -0.15) is 0 Å². The highest BCUT2D eigenvalue weighted by molar-refractivity contribution is 5.93. The number of benzene rings is 1. The van der Waals surface area contributed by atoms with E-state index in [2.05, 4.69) is 22.0 Å². The van der Waals surface area contributed by atoms with Gasteiger partial charge in [0.1, 0.15) is 0 Å². The lowest BCUT2D eigenvalue weighted by atomic mass is 10.1. The third-order valence-corrected chi connectivity index (χ3v) is 3.92. The average molecular weight is 343 g/mol. The van der Waals surface area contributed by atoms with E-state index in [-0.39, 0.29) is 11.1 Å². The molecule has 0 bridgehead atoms. The topological polar surface area (TPSA) is 117 Å². The number of nitrogens with zero attached hydrogens (tertiary/aromatic N) is 2. The van der Waals surface area contributed by atoms with Crippen molar-refractivity contribution in [3.05, 3.63) is 59.9 Å². The van der Waals surface area contributed by atoms with E-state index in [4.69, 9.17) is 15.9 Å². The molecule has 1 aliphatic rings. The number of anilines is 1. The van der Waals surface area contributed by atoms with Crippen LogP contribution in [0.4, 0.5) is 5.69 Å². The van der Waals surface area contributed by atoms with Crippen molar-refractivity contribution in [2.45, 2.75) is 18.9 Å². The van der Waals surface area contributed by atoms with Crippen LogP contribution >= 0.6 is 0 Å². The third-order valence-electron chi connectivity index (χ3n) is 3.92. The van der Waals surface area contributed by atoms with Crippen LogP contribution in [-0.2, 0) is 0 Å². The summed E-state index contributed by atoms with van der Waals surface area (Å²) in [6.07, 6.45) is 5.87. The Bertz CT molecular complexity index is 684. The molecule has 0 unspecified atom stereocenters. The summed E-state index contributed by atoms with van der Waals surface area (Å²) in [6, 6.07) is 9.70. The minimum Gasteiger partial charge on any atom is -0.478 e. The summed E-state index contributed by atoms with van der Waals surface area (Å²) in [5.74, 6) is -2.25. The fraction of sp³-hybridized carbons (Fsp3) is 0.278. The minimum absolute atomic E-state index is 0.0186. The Hall–Kier alpha value is -2.93. The summed E-state index contributed by atoms with van der Waals surface area (Å²) in [6.45, 7) is 2.15. The lowest BCUT2D eigenvalue weighted by molar-refractivity contribution is 0.0696. The van der Waals surface area contributed by atoms with Gasteiger partial charge in [-0.25, -0.2) is 9.59 Å². The highest BCUT2D eigenvalue weighted by atomic mass is 16.4. The molecule has 1 saturated heterocycles. The minimum atomic E-state index is -1.13. The molecule has 7 heteroatoms. The van der Waals surface area contributed by atoms with Gasteiger partial charge in [-0.15, -0.1) is 0 Å². The van der Waals surface area contributed by atoms with Crippen molar-refractivity contribution < 1.29 is 19.8 Å². The fourth-order valence-corrected chi connectivity index (χ4v) is 2.50. The van der Waals surface area contributed by atoms with Crippen molar-refractivity contribution in [3.8, 4) is 0 Å². The van der Waals surface area contributed by atoms with E-state index in [0.29, 0.717) is 6.04 Å². The van der Waals surface area contributed by atoms with E-state index in [9.17, 15) is 9.59 Å². The van der Waals surface area contributed by atoms with Crippen LogP contribution < -0.4 is 10.6 Å². The zero-order chi connectivity index (χ0) is 18.2. The molecule has 1 aromatic heterocycles. The zero-order valence-electron chi connectivity index (χ0n) is 13.7. The molecule has 7 nitrogen and oxygen atoms in total. The van der Waals surface area contributed by atoms with Crippen molar-refractivity contribution in [1.82, 2.24) is 4.98 Å². The molecular weight excluding hydrogens is 322 g/mol. The van der Waals surface area contributed by atoms with Crippen molar-refractivity contribution >= 4 is 17.6 Å². The summed E-state index contributed by atoms with van der Waals surface area (Å²) in [7, 11) is 0. The summed E-state index contributed by atoms with van der Waals surface area (Å²) in [4.78, 5) is 27.1. The van der Waals surface area contributed by atoms with Gasteiger partial charge in [-0.05, 0) is 43.2 Å². The summed E-state index contributed by atoms with van der Waals surface area (Å²) in [5, 5.41) is 17.0. The third kappa shape index (κ3) is 5.58. The predicted octanol–water partition coefficient (Wildman–Crippen LogP) is 2.09. The summed E-state index contributed by atoms with van der Waals surface area (Å²) in [5.41, 5.74) is 7.06. The van der Waals surface area contributed by atoms with Crippen LogP contribution in [0.5, 0.6) is 0 Å². The number of aromatic nitrogens is 1. The van der Waals surface area contributed by atoms with Crippen LogP contribution in [0.15, 0.2) is 48.8 Å². The van der Waals surface area contributed by atoms with Gasteiger partial charge in [0.15, 0.2) is 0 Å². The maximum Gasteiger partial charge on any atom is 0.335 e. The average Bonchev–Trinajstić information content (AvgIpc) is 2.63. The Balaban J connectivity index is 0.000000181. The lowest BCUT2D eigenvalue weighted by Gasteiger charge is -2.31. The molecule has 2 heterocycles. The molecule has 132 valence electrons. The summed E-state index contributed by atoms with van der Waals surface area (Å²) < 4.78 is 0. The van der Waals surface area contributed by atoms with E-state index >= 15 is 0 Å².